The van der Waals surface area contributed by atoms with Crippen molar-refractivity contribution in [3.8, 4) is 0 Å². The van der Waals surface area contributed by atoms with Crippen LogP contribution in [0.2, 0.25) is 0 Å². The molecule has 0 bridgehead atoms. The van der Waals surface area contributed by atoms with Gasteiger partial charge in [-0.3, -0.25) is 4.79 Å². The highest BCUT2D eigenvalue weighted by molar-refractivity contribution is 5.79. The van der Waals surface area contributed by atoms with E-state index in [1.807, 2.05) is 4.57 Å². The normalized spacial score (nSPS) is 24.6. The molecule has 2 saturated carbocycles. The summed E-state index contributed by atoms with van der Waals surface area (Å²) in [5.74, 6) is 2.23. The molecule has 0 atom stereocenters. The Labute approximate surface area is 136 Å². The predicted molar refractivity (Wildman–Crippen MR) is 83.7 cm³/mol. The zero-order valence-corrected chi connectivity index (χ0v) is 13.7. The van der Waals surface area contributed by atoms with Crippen LogP contribution in [0.15, 0.2) is 0 Å². The van der Waals surface area contributed by atoms with Crippen LogP contribution >= 0.6 is 0 Å². The number of rotatable bonds is 7. The van der Waals surface area contributed by atoms with Gasteiger partial charge in [0.25, 0.3) is 0 Å². The molecule has 1 aromatic rings. The van der Waals surface area contributed by atoms with Gasteiger partial charge in [-0.2, -0.15) is 0 Å². The molecular formula is C16H26N4O3. The molecule has 0 radical (unpaired) electrons. The van der Waals surface area contributed by atoms with Crippen molar-refractivity contribution < 1.29 is 14.6 Å². The fraction of sp³-hybridized carbons (Fsp3) is 0.812. The van der Waals surface area contributed by atoms with Crippen LogP contribution in [0.1, 0.15) is 56.1 Å². The second kappa shape index (κ2) is 7.40. The number of carbonyl (C=O) groups excluding carboxylic acids is 1. The first-order chi connectivity index (χ1) is 11.2. The summed E-state index contributed by atoms with van der Waals surface area (Å²) in [7, 11) is 1.65. The van der Waals surface area contributed by atoms with E-state index >= 15 is 0 Å². The summed E-state index contributed by atoms with van der Waals surface area (Å²) in [6.07, 6.45) is 6.22. The molecule has 7 heteroatoms. The van der Waals surface area contributed by atoms with E-state index in [0.29, 0.717) is 24.9 Å². The minimum atomic E-state index is -0.120. The average Bonchev–Trinajstić information content (AvgIpc) is 3.17. The van der Waals surface area contributed by atoms with Crippen LogP contribution in [0.5, 0.6) is 0 Å². The first-order valence-electron chi connectivity index (χ1n) is 8.55. The molecule has 2 fully saturated rings. The van der Waals surface area contributed by atoms with Crippen molar-refractivity contribution in [1.82, 2.24) is 20.1 Å². The molecule has 0 saturated heterocycles. The first-order valence-corrected chi connectivity index (χ1v) is 8.55. The maximum absolute atomic E-state index is 12.2. The molecule has 23 heavy (non-hydrogen) atoms. The van der Waals surface area contributed by atoms with Crippen LogP contribution in [0.3, 0.4) is 0 Å². The van der Waals surface area contributed by atoms with E-state index in [-0.39, 0.29) is 24.5 Å². The molecule has 0 spiro atoms. The van der Waals surface area contributed by atoms with Crippen molar-refractivity contribution in [2.45, 2.75) is 63.6 Å². The van der Waals surface area contributed by atoms with Crippen LogP contribution < -0.4 is 5.32 Å². The molecule has 0 aromatic carbocycles. The Hall–Kier alpha value is -1.47. The Bertz CT molecular complexity index is 533. The molecule has 7 nitrogen and oxygen atoms in total. The van der Waals surface area contributed by atoms with Crippen LogP contribution in [-0.4, -0.2) is 45.5 Å². The Morgan fingerprint density at radius 2 is 2.09 bits per heavy atom. The molecule has 1 aromatic heterocycles. The fourth-order valence-electron chi connectivity index (χ4n) is 3.65. The van der Waals surface area contributed by atoms with Gasteiger partial charge in [0, 0.05) is 31.5 Å². The number of hydrogen-bond donors (Lipinski definition) is 2. The second-order valence-corrected chi connectivity index (χ2v) is 6.63. The number of ether oxygens (including phenoxy) is 1. The van der Waals surface area contributed by atoms with Crippen LogP contribution in [0.4, 0.5) is 0 Å². The maximum Gasteiger partial charge on any atom is 0.223 e. The highest BCUT2D eigenvalue weighted by atomic mass is 16.5. The van der Waals surface area contributed by atoms with E-state index in [9.17, 15) is 9.90 Å². The van der Waals surface area contributed by atoms with Crippen molar-refractivity contribution in [2.24, 2.45) is 5.92 Å². The van der Waals surface area contributed by atoms with Crippen molar-refractivity contribution in [1.29, 1.82) is 0 Å². The Morgan fingerprint density at radius 1 is 1.35 bits per heavy atom. The monoisotopic (exact) mass is 322 g/mol. The van der Waals surface area contributed by atoms with Crippen molar-refractivity contribution in [3.63, 3.8) is 0 Å². The van der Waals surface area contributed by atoms with Gasteiger partial charge in [0.05, 0.1) is 6.61 Å². The molecule has 2 N–H and O–H groups in total. The van der Waals surface area contributed by atoms with Gasteiger partial charge in [-0.05, 0) is 25.7 Å². The van der Waals surface area contributed by atoms with Crippen LogP contribution in [0.25, 0.3) is 0 Å². The van der Waals surface area contributed by atoms with Crippen molar-refractivity contribution in [3.05, 3.63) is 11.6 Å². The number of nitrogens with zero attached hydrogens (tertiary/aromatic N) is 3. The maximum atomic E-state index is 12.2. The Morgan fingerprint density at radius 3 is 2.74 bits per heavy atom. The predicted octanol–water partition coefficient (Wildman–Crippen LogP) is 0.969. The van der Waals surface area contributed by atoms with Crippen LogP contribution in [-0.2, 0) is 22.7 Å². The van der Waals surface area contributed by atoms with Crippen molar-refractivity contribution in [2.75, 3.05) is 13.7 Å². The van der Waals surface area contributed by atoms with E-state index in [1.54, 1.807) is 7.11 Å². The van der Waals surface area contributed by atoms with E-state index in [4.69, 9.17) is 4.74 Å². The zero-order chi connectivity index (χ0) is 16.2. The third-order valence-corrected chi connectivity index (χ3v) is 5.09. The number of amides is 1. The summed E-state index contributed by atoms with van der Waals surface area (Å²) in [5.41, 5.74) is 0. The minimum Gasteiger partial charge on any atom is -0.388 e. The van der Waals surface area contributed by atoms with Crippen molar-refractivity contribution >= 4 is 5.91 Å². The second-order valence-electron chi connectivity index (χ2n) is 6.63. The summed E-state index contributed by atoms with van der Waals surface area (Å²) in [4.78, 5) is 12.2. The molecule has 0 aliphatic heterocycles. The smallest absolute Gasteiger partial charge is 0.223 e. The molecule has 0 unspecified atom stereocenters. The molecule has 3 rings (SSSR count). The molecular weight excluding hydrogens is 296 g/mol. The lowest BCUT2D eigenvalue weighted by atomic mass is 9.79. The quantitative estimate of drug-likeness (QED) is 0.781. The lowest BCUT2D eigenvalue weighted by Gasteiger charge is -2.36. The average molecular weight is 322 g/mol. The molecule has 1 amide bonds. The third-order valence-electron chi connectivity index (χ3n) is 5.09. The Balaban J connectivity index is 1.54. The lowest BCUT2D eigenvalue weighted by molar-refractivity contribution is -0.126. The number of carbonyl (C=O) groups is 1. The number of hydrogen-bond acceptors (Lipinski definition) is 5. The van der Waals surface area contributed by atoms with Gasteiger partial charge in [-0.25, -0.2) is 0 Å². The summed E-state index contributed by atoms with van der Waals surface area (Å²) < 4.78 is 7.06. The summed E-state index contributed by atoms with van der Waals surface area (Å²) in [5, 5.41) is 20.8. The summed E-state index contributed by atoms with van der Waals surface area (Å²) >= 11 is 0. The number of aliphatic hydroxyl groups is 1. The van der Waals surface area contributed by atoms with Gasteiger partial charge < -0.3 is 19.7 Å². The van der Waals surface area contributed by atoms with Gasteiger partial charge in [0.15, 0.2) is 5.82 Å². The fourth-order valence-corrected chi connectivity index (χ4v) is 3.65. The van der Waals surface area contributed by atoms with Gasteiger partial charge in [0.1, 0.15) is 12.4 Å². The van der Waals surface area contributed by atoms with E-state index < -0.39 is 0 Å². The minimum absolute atomic E-state index is 0.120. The largest absolute Gasteiger partial charge is 0.388 e. The zero-order valence-electron chi connectivity index (χ0n) is 13.7. The number of methoxy groups -OCH3 is 1. The summed E-state index contributed by atoms with van der Waals surface area (Å²) in [6, 6.07) is 0.248. The molecule has 1 heterocycles. The molecule has 2 aliphatic rings. The lowest BCUT2D eigenvalue weighted by Crippen LogP contribution is -2.46. The first kappa shape index (κ1) is 16.4. The van der Waals surface area contributed by atoms with E-state index in [1.165, 1.54) is 12.8 Å². The molecule has 2 aliphatic carbocycles. The van der Waals surface area contributed by atoms with Gasteiger partial charge in [-0.1, -0.05) is 12.8 Å². The number of nitrogens with one attached hydrogen (secondary N) is 1. The van der Waals surface area contributed by atoms with Gasteiger partial charge in [0.2, 0.25) is 5.91 Å². The van der Waals surface area contributed by atoms with E-state index in [2.05, 4.69) is 15.5 Å². The topological polar surface area (TPSA) is 89.3 Å². The SMILES string of the molecule is COCCn1c(CO)nnc1C1CC(NC(=O)C2CCCC2)C1. The number of aliphatic hydroxyl groups excluding tert-OH is 1. The Kier molecular flexibility index (Phi) is 5.27. The third kappa shape index (κ3) is 3.55. The van der Waals surface area contributed by atoms with Gasteiger partial charge >= 0.3 is 0 Å². The van der Waals surface area contributed by atoms with E-state index in [0.717, 1.165) is 31.5 Å². The summed E-state index contributed by atoms with van der Waals surface area (Å²) in [6.45, 7) is 1.09. The molecule has 128 valence electrons. The van der Waals surface area contributed by atoms with Crippen LogP contribution in [0, 0.1) is 5.92 Å². The van der Waals surface area contributed by atoms with Gasteiger partial charge in [-0.15, -0.1) is 10.2 Å². The number of aromatic nitrogens is 3. The highest BCUT2D eigenvalue weighted by Gasteiger charge is 2.36. The highest BCUT2D eigenvalue weighted by Crippen LogP contribution is 2.37. The standard InChI is InChI=1S/C16H26N4O3/c1-23-7-6-20-14(10-21)18-19-15(20)12-8-13(9-12)17-16(22)11-4-2-3-5-11/h11-13,21H,2-10H2,1H3,(H,17,22).